The summed E-state index contributed by atoms with van der Waals surface area (Å²) in [5.74, 6) is -0.381. The van der Waals surface area contributed by atoms with E-state index in [0.29, 0.717) is 48.1 Å². The topological polar surface area (TPSA) is 68.2 Å². The Morgan fingerprint density at radius 3 is 2.47 bits per heavy atom. The highest BCUT2D eigenvalue weighted by Gasteiger charge is 2.31. The van der Waals surface area contributed by atoms with Crippen LogP contribution in [-0.2, 0) is 25.6 Å². The van der Waals surface area contributed by atoms with Crippen molar-refractivity contribution >= 4 is 5.91 Å². The molecule has 0 saturated carbocycles. The second-order valence-corrected chi connectivity index (χ2v) is 8.96. The van der Waals surface area contributed by atoms with Crippen molar-refractivity contribution < 1.29 is 27.1 Å². The van der Waals surface area contributed by atoms with Crippen molar-refractivity contribution in [3.63, 3.8) is 0 Å². The average Bonchev–Trinajstić information content (AvgIpc) is 2.90. The maximum atomic E-state index is 13.9. The zero-order valence-electron chi connectivity index (χ0n) is 20.3. The van der Waals surface area contributed by atoms with Crippen LogP contribution < -0.4 is 4.74 Å². The van der Waals surface area contributed by atoms with E-state index in [0.717, 1.165) is 29.0 Å². The number of alkyl halides is 3. The van der Waals surface area contributed by atoms with Crippen LogP contribution >= 0.6 is 0 Å². The summed E-state index contributed by atoms with van der Waals surface area (Å²) in [5.41, 5.74) is 2.88. The molecule has 0 bridgehead atoms. The predicted molar refractivity (Wildman–Crippen MR) is 131 cm³/mol. The summed E-state index contributed by atoms with van der Waals surface area (Å²) in [6.45, 7) is 0.939. The van der Waals surface area contributed by atoms with Gasteiger partial charge in [0.1, 0.15) is 17.9 Å². The standard InChI is InChI=1S/C28H22F4N4O2/c1-38-22-4-2-17(3-5-22)15-36-7-6-23-24(13-33-14-25(23)27(36)37)26-12-21(34-16-35-26)10-18-8-19(28(30,31)32)11-20(29)9-18/h2-5,8-9,11-14,16H,6-7,10,15H2,1H3. The Labute approximate surface area is 216 Å². The number of aromatic nitrogens is 3. The van der Waals surface area contributed by atoms with Gasteiger partial charge in [-0.3, -0.25) is 9.78 Å². The van der Waals surface area contributed by atoms with E-state index in [1.54, 1.807) is 24.3 Å². The molecule has 0 N–H and O–H groups in total. The fraction of sp³-hybridized carbons (Fsp3) is 0.214. The summed E-state index contributed by atoms with van der Waals surface area (Å²) < 4.78 is 58.4. The molecule has 0 saturated heterocycles. The Bertz CT molecular complexity index is 1490. The van der Waals surface area contributed by atoms with E-state index < -0.39 is 17.6 Å². The number of amides is 1. The van der Waals surface area contributed by atoms with Crippen molar-refractivity contribution in [2.24, 2.45) is 0 Å². The number of benzene rings is 2. The lowest BCUT2D eigenvalue weighted by Crippen LogP contribution is -2.37. The van der Waals surface area contributed by atoms with Crippen LogP contribution in [0, 0.1) is 5.82 Å². The third kappa shape index (κ3) is 5.34. The van der Waals surface area contributed by atoms with Crippen LogP contribution in [0.3, 0.4) is 0 Å². The Morgan fingerprint density at radius 1 is 0.974 bits per heavy atom. The van der Waals surface area contributed by atoms with Crippen molar-refractivity contribution in [3.05, 3.63) is 107 Å². The van der Waals surface area contributed by atoms with Gasteiger partial charge in [-0.2, -0.15) is 13.2 Å². The minimum Gasteiger partial charge on any atom is -0.497 e. The number of fused-ring (bicyclic) bond motifs is 1. The molecule has 0 fully saturated rings. The molecule has 1 aliphatic heterocycles. The molecule has 0 radical (unpaired) electrons. The smallest absolute Gasteiger partial charge is 0.416 e. The highest BCUT2D eigenvalue weighted by Crippen LogP contribution is 2.32. The minimum atomic E-state index is -4.66. The first-order valence-electron chi connectivity index (χ1n) is 11.8. The molecule has 5 rings (SSSR count). The van der Waals surface area contributed by atoms with E-state index >= 15 is 0 Å². The number of carbonyl (C=O) groups is 1. The fourth-order valence-electron chi connectivity index (χ4n) is 4.55. The zero-order valence-corrected chi connectivity index (χ0v) is 20.3. The lowest BCUT2D eigenvalue weighted by atomic mass is 9.94. The molecule has 1 amide bonds. The van der Waals surface area contributed by atoms with E-state index in [1.807, 2.05) is 24.3 Å². The molecule has 38 heavy (non-hydrogen) atoms. The van der Waals surface area contributed by atoms with Crippen molar-refractivity contribution in [2.45, 2.75) is 25.6 Å². The number of halogens is 4. The van der Waals surface area contributed by atoms with Crippen LogP contribution in [0.1, 0.15) is 38.3 Å². The molecule has 0 unspecified atom stereocenters. The zero-order chi connectivity index (χ0) is 26.9. The van der Waals surface area contributed by atoms with Crippen LogP contribution in [0.2, 0.25) is 0 Å². The molecule has 3 heterocycles. The SMILES string of the molecule is COc1ccc(CN2CCc3c(cncc3-c3cc(Cc4cc(F)cc(C(F)(F)F)c4)ncn3)C2=O)cc1. The highest BCUT2D eigenvalue weighted by atomic mass is 19.4. The number of carbonyl (C=O) groups excluding carboxylic acids is 1. The Hall–Kier alpha value is -4.34. The first-order chi connectivity index (χ1) is 18.2. The first-order valence-corrected chi connectivity index (χ1v) is 11.8. The number of pyridine rings is 1. The second-order valence-electron chi connectivity index (χ2n) is 8.96. The fourth-order valence-corrected chi connectivity index (χ4v) is 4.55. The van der Waals surface area contributed by atoms with Crippen LogP contribution in [0.25, 0.3) is 11.3 Å². The van der Waals surface area contributed by atoms with Gasteiger partial charge in [0.05, 0.1) is 23.9 Å². The predicted octanol–water partition coefficient (Wildman–Crippen LogP) is 5.49. The Morgan fingerprint density at radius 2 is 1.74 bits per heavy atom. The molecular formula is C28H22F4N4O2. The number of rotatable bonds is 6. The summed E-state index contributed by atoms with van der Waals surface area (Å²) in [5, 5.41) is 0. The van der Waals surface area contributed by atoms with Gasteiger partial charge >= 0.3 is 6.18 Å². The van der Waals surface area contributed by atoms with Gasteiger partial charge in [-0.1, -0.05) is 12.1 Å². The van der Waals surface area contributed by atoms with E-state index in [4.69, 9.17) is 4.74 Å². The lowest BCUT2D eigenvalue weighted by Gasteiger charge is -2.29. The highest BCUT2D eigenvalue weighted by molar-refractivity contribution is 5.98. The maximum absolute atomic E-state index is 13.9. The first kappa shape index (κ1) is 25.3. The second kappa shape index (κ2) is 10.2. The number of nitrogens with zero attached hydrogens (tertiary/aromatic N) is 4. The molecule has 0 atom stereocenters. The van der Waals surface area contributed by atoms with Crippen LogP contribution in [0.4, 0.5) is 17.6 Å². The third-order valence-corrected chi connectivity index (χ3v) is 6.41. The number of hydrogen-bond acceptors (Lipinski definition) is 5. The van der Waals surface area contributed by atoms with Gasteiger partial charge in [-0.25, -0.2) is 14.4 Å². The van der Waals surface area contributed by atoms with Gasteiger partial charge < -0.3 is 9.64 Å². The van der Waals surface area contributed by atoms with Gasteiger partial charge in [0.2, 0.25) is 0 Å². The molecule has 2 aromatic carbocycles. The minimum absolute atomic E-state index is 0.0205. The quantitative estimate of drug-likeness (QED) is 0.313. The number of methoxy groups -OCH3 is 1. The number of ether oxygens (including phenoxy) is 1. The Balaban J connectivity index is 1.39. The molecule has 6 nitrogen and oxygen atoms in total. The summed E-state index contributed by atoms with van der Waals surface area (Å²) in [7, 11) is 1.59. The van der Waals surface area contributed by atoms with Gasteiger partial charge in [-0.15, -0.1) is 0 Å². The van der Waals surface area contributed by atoms with Gasteiger partial charge in [0, 0.05) is 43.2 Å². The van der Waals surface area contributed by atoms with Gasteiger partial charge in [0.15, 0.2) is 0 Å². The molecule has 2 aromatic heterocycles. The molecule has 4 aromatic rings. The van der Waals surface area contributed by atoms with E-state index in [9.17, 15) is 22.4 Å². The van der Waals surface area contributed by atoms with Crippen LogP contribution in [-0.4, -0.2) is 39.4 Å². The molecule has 0 spiro atoms. The largest absolute Gasteiger partial charge is 0.497 e. The summed E-state index contributed by atoms with van der Waals surface area (Å²) >= 11 is 0. The lowest BCUT2D eigenvalue weighted by molar-refractivity contribution is -0.137. The summed E-state index contributed by atoms with van der Waals surface area (Å²) in [6, 6.07) is 11.6. The Kier molecular flexibility index (Phi) is 6.79. The van der Waals surface area contributed by atoms with Crippen molar-refractivity contribution in [2.75, 3.05) is 13.7 Å². The van der Waals surface area contributed by atoms with E-state index in [2.05, 4.69) is 15.0 Å². The van der Waals surface area contributed by atoms with Crippen molar-refractivity contribution in [3.8, 4) is 17.0 Å². The van der Waals surface area contributed by atoms with Crippen LogP contribution in [0.5, 0.6) is 5.75 Å². The normalized spacial score (nSPS) is 13.4. The van der Waals surface area contributed by atoms with Crippen molar-refractivity contribution in [1.82, 2.24) is 19.9 Å². The van der Waals surface area contributed by atoms with Gasteiger partial charge in [0.25, 0.3) is 5.91 Å². The average molecular weight is 523 g/mol. The molecule has 10 heteroatoms. The van der Waals surface area contributed by atoms with Gasteiger partial charge in [-0.05, 0) is 59.5 Å². The summed E-state index contributed by atoms with van der Waals surface area (Å²) in [4.78, 5) is 27.8. The molecule has 1 aliphatic rings. The van der Waals surface area contributed by atoms with Crippen molar-refractivity contribution in [1.29, 1.82) is 0 Å². The van der Waals surface area contributed by atoms with E-state index in [-0.39, 0.29) is 17.9 Å². The van der Waals surface area contributed by atoms with Crippen LogP contribution in [0.15, 0.2) is 67.3 Å². The maximum Gasteiger partial charge on any atom is 0.416 e. The monoisotopic (exact) mass is 522 g/mol. The molecule has 194 valence electrons. The van der Waals surface area contributed by atoms with E-state index in [1.165, 1.54) is 12.5 Å². The summed E-state index contributed by atoms with van der Waals surface area (Å²) in [6.07, 6.45) is 0.349. The number of hydrogen-bond donors (Lipinski definition) is 0. The third-order valence-electron chi connectivity index (χ3n) is 6.41. The molecular weight excluding hydrogens is 500 g/mol. The molecule has 0 aliphatic carbocycles.